The molecule has 0 atom stereocenters. The van der Waals surface area contributed by atoms with Crippen LogP contribution >= 0.6 is 0 Å². The van der Waals surface area contributed by atoms with Gasteiger partial charge in [0.2, 0.25) is 0 Å². The quantitative estimate of drug-likeness (QED) is 0.704. The van der Waals surface area contributed by atoms with Crippen molar-refractivity contribution in [2.24, 2.45) is 0 Å². The number of benzene rings is 2. The number of hydrogen-bond acceptors (Lipinski definition) is 4. The first-order valence-corrected chi connectivity index (χ1v) is 8.44. The van der Waals surface area contributed by atoms with Crippen molar-refractivity contribution in [3.05, 3.63) is 59.2 Å². The summed E-state index contributed by atoms with van der Waals surface area (Å²) in [6.07, 6.45) is 2.19. The van der Waals surface area contributed by atoms with Crippen LogP contribution in [0.4, 0.5) is 8.78 Å². The van der Waals surface area contributed by atoms with E-state index in [1.165, 1.54) is 6.07 Å². The minimum atomic E-state index is -2.92. The largest absolute Gasteiger partial charge is 0.497 e. The summed E-state index contributed by atoms with van der Waals surface area (Å²) in [5.41, 5.74) is 2.09. The fourth-order valence-electron chi connectivity index (χ4n) is 2.90. The molecule has 0 radical (unpaired) electrons. The molecule has 0 heterocycles. The number of rotatable bonds is 8. The Bertz CT molecular complexity index is 783. The highest BCUT2D eigenvalue weighted by Crippen LogP contribution is 2.32. The first kappa shape index (κ1) is 18.2. The zero-order valence-corrected chi connectivity index (χ0v) is 14.5. The average Bonchev–Trinajstić information content (AvgIpc) is 3.47. The van der Waals surface area contributed by atoms with Gasteiger partial charge in [-0.15, -0.1) is 0 Å². The summed E-state index contributed by atoms with van der Waals surface area (Å²) < 4.78 is 35.3. The fraction of sp³-hybridized carbons (Fsp3) is 0.350. The fourth-order valence-corrected chi connectivity index (χ4v) is 2.90. The Balaban J connectivity index is 1.78. The van der Waals surface area contributed by atoms with Crippen molar-refractivity contribution in [3.63, 3.8) is 0 Å². The van der Waals surface area contributed by atoms with Crippen LogP contribution < -0.4 is 9.47 Å². The lowest BCUT2D eigenvalue weighted by molar-refractivity contribution is -0.0508. The minimum absolute atomic E-state index is 0.0689. The first-order chi connectivity index (χ1) is 12.6. The van der Waals surface area contributed by atoms with Crippen LogP contribution in [-0.2, 0) is 13.1 Å². The molecule has 0 spiro atoms. The molecule has 2 aromatic carbocycles. The Labute approximate surface area is 151 Å². The third-order valence-electron chi connectivity index (χ3n) is 4.39. The zero-order chi connectivity index (χ0) is 18.5. The van der Waals surface area contributed by atoms with Crippen molar-refractivity contribution in [1.82, 2.24) is 4.90 Å². The molecule has 0 aromatic heterocycles. The monoisotopic (exact) mass is 358 g/mol. The van der Waals surface area contributed by atoms with E-state index >= 15 is 0 Å². The van der Waals surface area contributed by atoms with Gasteiger partial charge < -0.3 is 9.47 Å². The number of alkyl halides is 2. The number of nitrogens with zero attached hydrogens (tertiary/aromatic N) is 2. The molecular weight excluding hydrogens is 338 g/mol. The molecule has 1 fully saturated rings. The van der Waals surface area contributed by atoms with Crippen LogP contribution in [0.15, 0.2) is 42.5 Å². The van der Waals surface area contributed by atoms with Crippen molar-refractivity contribution in [3.8, 4) is 17.6 Å². The molecule has 1 aliphatic carbocycles. The Kier molecular flexibility index (Phi) is 5.69. The lowest BCUT2D eigenvalue weighted by Gasteiger charge is -2.23. The third-order valence-corrected chi connectivity index (χ3v) is 4.39. The van der Waals surface area contributed by atoms with Gasteiger partial charge in [0.25, 0.3) is 0 Å². The van der Waals surface area contributed by atoms with E-state index in [0.29, 0.717) is 30.3 Å². The summed E-state index contributed by atoms with van der Waals surface area (Å²) >= 11 is 0. The highest BCUT2D eigenvalue weighted by molar-refractivity contribution is 5.42. The molecule has 136 valence electrons. The molecular formula is C20H20F2N2O2. The van der Waals surface area contributed by atoms with Crippen LogP contribution in [0.5, 0.6) is 11.5 Å². The van der Waals surface area contributed by atoms with Crippen LogP contribution in [0, 0.1) is 11.3 Å². The lowest BCUT2D eigenvalue weighted by Crippen LogP contribution is -2.25. The van der Waals surface area contributed by atoms with Crippen LogP contribution in [0.25, 0.3) is 0 Å². The summed E-state index contributed by atoms with van der Waals surface area (Å²) in [5.74, 6) is 0.867. The van der Waals surface area contributed by atoms with Crippen molar-refractivity contribution in [1.29, 1.82) is 5.26 Å². The topological polar surface area (TPSA) is 45.5 Å². The standard InChI is InChI=1S/C20H20F2N2O2/c1-25-18-8-3-14(4-9-18)12-24(17-6-7-17)13-16-5-2-15(11-23)10-19(16)26-20(21)22/h2-5,8-10,17,20H,6-7,12-13H2,1H3. The number of nitriles is 1. The van der Waals surface area contributed by atoms with E-state index in [1.54, 1.807) is 19.2 Å². The second kappa shape index (κ2) is 8.15. The molecule has 0 saturated heterocycles. The molecule has 1 saturated carbocycles. The SMILES string of the molecule is COc1ccc(CN(Cc2ccc(C#N)cc2OC(F)F)C2CC2)cc1. The van der Waals surface area contributed by atoms with E-state index in [2.05, 4.69) is 9.64 Å². The first-order valence-electron chi connectivity index (χ1n) is 8.44. The molecule has 0 unspecified atom stereocenters. The summed E-state index contributed by atoms with van der Waals surface area (Å²) in [5, 5.41) is 8.99. The maximum absolute atomic E-state index is 12.7. The predicted octanol–water partition coefficient (Wildman–Crippen LogP) is 4.33. The highest BCUT2D eigenvalue weighted by atomic mass is 19.3. The normalized spacial score (nSPS) is 13.7. The Morgan fingerprint density at radius 2 is 1.88 bits per heavy atom. The van der Waals surface area contributed by atoms with Gasteiger partial charge in [-0.3, -0.25) is 4.90 Å². The zero-order valence-electron chi connectivity index (χ0n) is 14.5. The number of halogens is 2. The molecule has 1 aliphatic rings. The molecule has 6 heteroatoms. The van der Waals surface area contributed by atoms with E-state index < -0.39 is 6.61 Å². The Morgan fingerprint density at radius 1 is 1.15 bits per heavy atom. The van der Waals surface area contributed by atoms with E-state index in [9.17, 15) is 8.78 Å². The van der Waals surface area contributed by atoms with Gasteiger partial charge in [0.1, 0.15) is 11.5 Å². The molecule has 4 nitrogen and oxygen atoms in total. The van der Waals surface area contributed by atoms with E-state index in [-0.39, 0.29) is 5.75 Å². The smallest absolute Gasteiger partial charge is 0.387 e. The maximum Gasteiger partial charge on any atom is 0.387 e. The number of hydrogen-bond donors (Lipinski definition) is 0. The Morgan fingerprint density at radius 3 is 2.46 bits per heavy atom. The second-order valence-corrected chi connectivity index (χ2v) is 6.30. The van der Waals surface area contributed by atoms with Gasteiger partial charge in [0, 0.05) is 24.7 Å². The van der Waals surface area contributed by atoms with E-state index in [0.717, 1.165) is 24.2 Å². The molecule has 0 N–H and O–H groups in total. The van der Waals surface area contributed by atoms with E-state index in [4.69, 9.17) is 10.00 Å². The van der Waals surface area contributed by atoms with Gasteiger partial charge in [0.05, 0.1) is 18.7 Å². The molecule has 3 rings (SSSR count). The summed E-state index contributed by atoms with van der Waals surface area (Å²) in [7, 11) is 1.63. The molecule has 0 bridgehead atoms. The summed E-state index contributed by atoms with van der Waals surface area (Å²) in [4.78, 5) is 2.25. The van der Waals surface area contributed by atoms with Gasteiger partial charge in [-0.1, -0.05) is 18.2 Å². The van der Waals surface area contributed by atoms with Crippen LogP contribution in [-0.4, -0.2) is 24.7 Å². The van der Waals surface area contributed by atoms with Gasteiger partial charge in [0.15, 0.2) is 0 Å². The van der Waals surface area contributed by atoms with Crippen molar-refractivity contribution >= 4 is 0 Å². The predicted molar refractivity (Wildman–Crippen MR) is 93.1 cm³/mol. The summed E-state index contributed by atoms with van der Waals surface area (Å²) in [6, 6.07) is 14.9. The van der Waals surface area contributed by atoms with Crippen molar-refractivity contribution in [2.75, 3.05) is 7.11 Å². The van der Waals surface area contributed by atoms with Crippen LogP contribution in [0.2, 0.25) is 0 Å². The average molecular weight is 358 g/mol. The number of ether oxygens (including phenoxy) is 2. The molecule has 2 aromatic rings. The van der Waals surface area contributed by atoms with Crippen LogP contribution in [0.1, 0.15) is 29.5 Å². The Hall–Kier alpha value is -2.65. The van der Waals surface area contributed by atoms with Gasteiger partial charge >= 0.3 is 6.61 Å². The third kappa shape index (κ3) is 4.70. The minimum Gasteiger partial charge on any atom is -0.497 e. The molecule has 0 aliphatic heterocycles. The lowest BCUT2D eigenvalue weighted by atomic mass is 10.1. The van der Waals surface area contributed by atoms with E-state index in [1.807, 2.05) is 30.3 Å². The number of methoxy groups -OCH3 is 1. The molecule has 0 amide bonds. The van der Waals surface area contributed by atoms with Crippen molar-refractivity contribution < 1.29 is 18.3 Å². The van der Waals surface area contributed by atoms with Crippen molar-refractivity contribution in [2.45, 2.75) is 38.6 Å². The second-order valence-electron chi connectivity index (χ2n) is 6.30. The highest BCUT2D eigenvalue weighted by Gasteiger charge is 2.29. The van der Waals surface area contributed by atoms with Gasteiger partial charge in [-0.05, 0) is 42.7 Å². The van der Waals surface area contributed by atoms with Gasteiger partial charge in [-0.2, -0.15) is 14.0 Å². The maximum atomic E-state index is 12.7. The summed E-state index contributed by atoms with van der Waals surface area (Å²) in [6.45, 7) is -1.72. The van der Waals surface area contributed by atoms with Crippen LogP contribution in [0.3, 0.4) is 0 Å². The van der Waals surface area contributed by atoms with Gasteiger partial charge in [-0.25, -0.2) is 0 Å². The molecule has 26 heavy (non-hydrogen) atoms.